The van der Waals surface area contributed by atoms with Crippen molar-refractivity contribution < 1.29 is 48.1 Å². The third-order valence-corrected chi connectivity index (χ3v) is 12.8. The van der Waals surface area contributed by atoms with Gasteiger partial charge < -0.3 is 48.1 Å². The Hall–Kier alpha value is 0.870. The van der Waals surface area contributed by atoms with Gasteiger partial charge in [-0.15, -0.1) is 0 Å². The van der Waals surface area contributed by atoms with Crippen LogP contribution in [0.4, 0.5) is 0 Å². The van der Waals surface area contributed by atoms with E-state index < -0.39 is 54.5 Å². The minimum atomic E-state index is -1.31. The van der Waals surface area contributed by atoms with E-state index in [-0.39, 0.29) is 55.8 Å². The van der Waals surface area contributed by atoms with Crippen LogP contribution in [0, 0.1) is 47.3 Å². The lowest BCUT2D eigenvalue weighted by molar-refractivity contribution is -0.480. The Morgan fingerprint density at radius 1 is 0.863 bits per heavy atom. The second kappa shape index (κ2) is 18.9. The zero-order valence-corrected chi connectivity index (χ0v) is 36.1. The number of ether oxygens (including phenoxy) is 8. The van der Waals surface area contributed by atoms with Crippen LogP contribution in [0.5, 0.6) is 0 Å². The van der Waals surface area contributed by atoms with E-state index in [1.807, 2.05) is 19.9 Å². The second-order valence-electron chi connectivity index (χ2n) is 16.0. The number of hydrogen-bond donors (Lipinski definition) is 4. The molecule has 5 fully saturated rings. The maximum absolute atomic E-state index is 7.62. The lowest BCUT2D eigenvalue weighted by Crippen LogP contribution is -2.76. The van der Waals surface area contributed by atoms with E-state index in [0.717, 1.165) is 6.42 Å². The Bertz CT molecular complexity index is 1240. The number of rotatable bonds is 9. The van der Waals surface area contributed by atoms with Gasteiger partial charge in [-0.2, -0.15) is 18.2 Å². The van der Waals surface area contributed by atoms with Gasteiger partial charge in [-0.05, 0) is 77.4 Å². The van der Waals surface area contributed by atoms with Crippen molar-refractivity contribution in [1.29, 1.82) is 5.53 Å². The van der Waals surface area contributed by atoms with E-state index in [0.29, 0.717) is 35.5 Å². The molecule has 0 aromatic rings. The van der Waals surface area contributed by atoms with Crippen LogP contribution in [0.1, 0.15) is 75.7 Å². The maximum atomic E-state index is 7.62. The molecule has 5 aliphatic heterocycles. The van der Waals surface area contributed by atoms with Gasteiger partial charge in [-0.3, -0.25) is 0 Å². The summed E-state index contributed by atoms with van der Waals surface area (Å²) < 4.78 is 81.8. The number of fused-ring (bicyclic) bond motifs is 2. The predicted octanol–water partition coefficient (Wildman–Crippen LogP) is 4.37. The molecule has 16 heteroatoms. The zero-order chi connectivity index (χ0) is 41.2. The smallest absolute Gasteiger partial charge is 0.210 e. The normalized spacial score (nSPS) is 50.8. The quantitative estimate of drug-likeness (QED) is 0.153. The van der Waals surface area contributed by atoms with Gasteiger partial charge in [-0.25, -0.2) is 25.0 Å². The highest BCUT2D eigenvalue weighted by Gasteiger charge is 2.70. The zero-order valence-electron chi connectivity index (χ0n) is 36.0. The molecule has 4 saturated heterocycles. The molecule has 10 unspecified atom stereocenters. The summed E-state index contributed by atoms with van der Waals surface area (Å²) in [6, 6.07) is 0. The first kappa shape index (κ1) is 38.7. The Kier molecular flexibility index (Phi) is 14.3. The lowest BCUT2D eigenvalue weighted by Gasteiger charge is -2.63. The van der Waals surface area contributed by atoms with E-state index in [1.54, 1.807) is 6.26 Å². The van der Waals surface area contributed by atoms with E-state index in [9.17, 15) is 0 Å². The van der Waals surface area contributed by atoms with Crippen LogP contribution < -0.4 is 0 Å². The molecule has 2 N–H and O–H groups in total. The Morgan fingerprint density at radius 3 is 2.12 bits per heavy atom. The van der Waals surface area contributed by atoms with E-state index >= 15 is 0 Å². The summed E-state index contributed by atoms with van der Waals surface area (Å²) in [5.41, 5.74) is 0. The molecule has 0 spiro atoms. The van der Waals surface area contributed by atoms with Gasteiger partial charge in [0.1, 0.15) is 36.6 Å². The average Bonchev–Trinajstić information content (AvgIpc) is 3.42. The van der Waals surface area contributed by atoms with Gasteiger partial charge in [0, 0.05) is 0 Å². The number of aliphatic hydroxyl groups is 2. The molecule has 21 atom stereocenters. The van der Waals surface area contributed by atoms with E-state index in [4.69, 9.17) is 53.6 Å². The number of aliphatic hydroxyl groups excluding tert-OH is 2. The van der Waals surface area contributed by atoms with Gasteiger partial charge in [0.2, 0.25) is 21.1 Å². The topological polar surface area (TPSA) is 114 Å². The first-order valence-electron chi connectivity index (χ1n) is 20.5. The maximum Gasteiger partial charge on any atom is 0.210 e. The molecule has 0 radical (unpaired) electrons. The lowest BCUT2D eigenvalue weighted by atomic mass is 9.68. The fourth-order valence-corrected chi connectivity index (χ4v) is 9.06. The van der Waals surface area contributed by atoms with Crippen LogP contribution in [-0.4, -0.2) is 114 Å². The van der Waals surface area contributed by atoms with Crippen LogP contribution in [0.15, 0.2) is 12.3 Å². The van der Waals surface area contributed by atoms with Gasteiger partial charge in [0.15, 0.2) is 12.1 Å². The minimum absolute atomic E-state index is 0.0345. The van der Waals surface area contributed by atoms with Gasteiger partial charge in [0.25, 0.3) is 0 Å². The monoisotopic (exact) mass is 800 g/mol. The second-order valence-corrected chi connectivity index (χ2v) is 18.3. The minimum Gasteiger partial charge on any atom is -0.495 e. The molecule has 0 aromatic carbocycles. The van der Waals surface area contributed by atoms with Crippen LogP contribution in [-0.2, 0) is 37.9 Å². The van der Waals surface area contributed by atoms with Gasteiger partial charge in [-0.1, -0.05) is 48.5 Å². The third-order valence-electron chi connectivity index (χ3n) is 12.8. The first-order valence-corrected chi connectivity index (χ1v) is 20.9. The summed E-state index contributed by atoms with van der Waals surface area (Å²) in [5, 5.41) is 9.79. The summed E-state index contributed by atoms with van der Waals surface area (Å²) in [5.74, 6) is -0.0544. The number of hydrogen-bond acceptors (Lipinski definition) is 12. The Balaban J connectivity index is 0.000000768. The summed E-state index contributed by atoms with van der Waals surface area (Å²) in [6.45, 7) is 21.7. The molecule has 294 valence electrons. The molecular weight excluding hydrogens is 728 g/mol. The number of thiol groups is 2. The standard InChI is InChI=1S/C35H58O10.2BH4PS/c1-16-13-25(21(6)18(3)17(16)2)40-31-30-29(43-34(9,10)44-30)27(15-37)41-33(31)45-35(28-24(42-35)11-12-38-26(28)14-36)32-22(7)19(4)20(5)23(8)39-32;2*2-1-3/h11-12,16-33,36-37H,13-15H2,1-10H3;2*1,3H,2H2/t16?,17-,18+,19?,20+,21?,22-,23?,24-,25-,26?,27?,28+,29?,30+,31-,32-,33+,35?;;/m1../s1/i36T,37T;2*1D. The molecule has 10 nitrogen and oxygen atoms in total. The third kappa shape index (κ3) is 9.21. The van der Waals surface area contributed by atoms with Crippen LogP contribution in [0.3, 0.4) is 0 Å². The summed E-state index contributed by atoms with van der Waals surface area (Å²) in [7, 11) is 4.38. The Morgan fingerprint density at radius 2 is 1.47 bits per heavy atom. The molecule has 5 heterocycles. The van der Waals surface area contributed by atoms with Crippen molar-refractivity contribution in [2.75, 3.05) is 13.2 Å². The highest BCUT2D eigenvalue weighted by molar-refractivity contribution is 8.20. The molecule has 6 aliphatic rings. The average molecular weight is 801 g/mol. The molecule has 0 bridgehead atoms. The Labute approximate surface area is 329 Å². The fraction of sp³-hybridized carbons (Fsp3) is 0.943. The highest BCUT2D eigenvalue weighted by atomic mass is 32.1. The predicted molar refractivity (Wildman–Crippen MR) is 216 cm³/mol. The molecule has 1 aliphatic carbocycles. The van der Waals surface area contributed by atoms with Gasteiger partial charge in [0.05, 0.1) is 43.7 Å². The van der Waals surface area contributed by atoms with E-state index in [2.05, 4.69) is 98.6 Å². The van der Waals surface area contributed by atoms with Crippen molar-refractivity contribution >= 4 is 55.7 Å². The summed E-state index contributed by atoms with van der Waals surface area (Å²) in [4.78, 5) is 0. The van der Waals surface area contributed by atoms with Gasteiger partial charge >= 0.3 is 0 Å². The highest BCUT2D eigenvalue weighted by Crippen LogP contribution is 2.55. The molecule has 51 heavy (non-hydrogen) atoms. The van der Waals surface area contributed by atoms with Crippen molar-refractivity contribution in [3.05, 3.63) is 12.3 Å². The molecular formula is C35H66B2O10P2S2. The van der Waals surface area contributed by atoms with E-state index in [1.165, 1.54) is 0 Å². The van der Waals surface area contributed by atoms with Crippen LogP contribution >= 0.6 is 43.2 Å². The largest absolute Gasteiger partial charge is 0.495 e. The molecule has 6 rings (SSSR count). The fourth-order valence-electron chi connectivity index (χ4n) is 9.06. The molecule has 0 aromatic heterocycles. The SMILES string of the molecule is [2H]B(P)S.[2H]B(P)S.[3H]OCC1O[C@@H](OC2([C@@H]3OC(C)[C@@H](C)C(C)[C@H]3C)O[C@@H]3C=COC(CO[3H])[C@H]32)[C@H](O[C@@H]2CC(C)[C@@H](C)[C@H](C)C2C)[C@H]2OC(C)(C)OC12. The molecule has 0 amide bonds. The van der Waals surface area contributed by atoms with Crippen LogP contribution in [0.2, 0.25) is 0 Å². The summed E-state index contributed by atoms with van der Waals surface area (Å²) in [6.07, 6.45) is -1.02. The van der Waals surface area contributed by atoms with Crippen LogP contribution in [0.25, 0.3) is 0 Å². The van der Waals surface area contributed by atoms with Crippen molar-refractivity contribution in [3.8, 4) is 0 Å². The van der Waals surface area contributed by atoms with Crippen molar-refractivity contribution in [2.45, 2.75) is 148 Å². The first-order chi connectivity index (χ1) is 25.7. The molecule has 1 saturated carbocycles. The summed E-state index contributed by atoms with van der Waals surface area (Å²) >= 11 is 7.19. The van der Waals surface area contributed by atoms with Crippen molar-refractivity contribution in [1.82, 2.24) is 0 Å². The van der Waals surface area contributed by atoms with Crippen molar-refractivity contribution in [3.63, 3.8) is 0 Å². The van der Waals surface area contributed by atoms with Crippen molar-refractivity contribution in [2.24, 2.45) is 47.3 Å².